The highest BCUT2D eigenvalue weighted by molar-refractivity contribution is 6.14. The van der Waals surface area contributed by atoms with Crippen LogP contribution < -0.4 is 4.90 Å². The molecule has 2 aromatic carbocycles. The van der Waals surface area contributed by atoms with Gasteiger partial charge in [0.25, 0.3) is 0 Å². The number of carbonyl (C=O) groups excluding carboxylic acids is 3. The molecule has 210 valence electrons. The Kier molecular flexibility index (Phi) is 8.99. The second kappa shape index (κ2) is 12.0. The second-order valence-corrected chi connectivity index (χ2v) is 8.78. The lowest BCUT2D eigenvalue weighted by atomic mass is 9.75. The lowest BCUT2D eigenvalue weighted by Crippen LogP contribution is -2.48. The molecule has 40 heavy (non-hydrogen) atoms. The van der Waals surface area contributed by atoms with Gasteiger partial charge in [0.15, 0.2) is 6.10 Å². The minimum absolute atomic E-state index is 0.00120. The molecule has 2 unspecified atom stereocenters. The fourth-order valence-corrected chi connectivity index (χ4v) is 4.46. The highest BCUT2D eigenvalue weighted by atomic mass is 19.4. The third kappa shape index (κ3) is 5.98. The number of hydrogen-bond acceptors (Lipinski definition) is 8. The minimum atomic E-state index is -4.70. The van der Waals surface area contributed by atoms with Gasteiger partial charge < -0.3 is 19.1 Å². The molecule has 3 rings (SSSR count). The number of ether oxygens (including phenoxy) is 3. The zero-order valence-corrected chi connectivity index (χ0v) is 22.0. The predicted molar refractivity (Wildman–Crippen MR) is 136 cm³/mol. The first kappa shape index (κ1) is 29.9. The zero-order valence-electron chi connectivity index (χ0n) is 22.0. The molecule has 0 radical (unpaired) electrons. The number of amidine groups is 1. The molecule has 12 heteroatoms. The van der Waals surface area contributed by atoms with Crippen LogP contribution in [0.3, 0.4) is 0 Å². The van der Waals surface area contributed by atoms with Gasteiger partial charge in [0.1, 0.15) is 11.8 Å². The average Bonchev–Trinajstić information content (AvgIpc) is 2.92. The number of benzene rings is 2. The summed E-state index contributed by atoms with van der Waals surface area (Å²) >= 11 is 0. The summed E-state index contributed by atoms with van der Waals surface area (Å²) in [6.45, 7) is 4.13. The Hall–Kier alpha value is -4.66. The van der Waals surface area contributed by atoms with Gasteiger partial charge in [0.2, 0.25) is 0 Å². The first-order valence-electron chi connectivity index (χ1n) is 12.1. The quantitative estimate of drug-likeness (QED) is 0.383. The van der Waals surface area contributed by atoms with Gasteiger partial charge in [0, 0.05) is 17.3 Å². The van der Waals surface area contributed by atoms with Gasteiger partial charge in [-0.25, -0.2) is 9.59 Å². The van der Waals surface area contributed by atoms with E-state index in [0.29, 0.717) is 5.56 Å². The number of allylic oxidation sites excluding steroid dienone is 1. The molecule has 2 aromatic rings. The molecule has 0 fully saturated rings. The lowest BCUT2D eigenvalue weighted by molar-refractivity contribution is -0.162. The molecular weight excluding hydrogens is 531 g/mol. The molecule has 0 saturated heterocycles. The van der Waals surface area contributed by atoms with E-state index in [1.165, 1.54) is 44.2 Å². The van der Waals surface area contributed by atoms with Gasteiger partial charge in [0.05, 0.1) is 36.5 Å². The predicted octanol–water partition coefficient (Wildman–Crippen LogP) is 4.72. The van der Waals surface area contributed by atoms with Crippen molar-refractivity contribution in [3.63, 3.8) is 0 Å². The molecule has 3 atom stereocenters. The maximum atomic E-state index is 13.6. The normalized spacial score (nSPS) is 18.1. The molecule has 1 N–H and O–H groups in total. The molecule has 0 spiro atoms. The van der Waals surface area contributed by atoms with Gasteiger partial charge in [-0.05, 0) is 56.7 Å². The number of methoxy groups -OCH3 is 1. The van der Waals surface area contributed by atoms with Gasteiger partial charge in [-0.15, -0.1) is 0 Å². The Labute approximate surface area is 228 Å². The first-order valence-corrected chi connectivity index (χ1v) is 12.1. The summed E-state index contributed by atoms with van der Waals surface area (Å²) in [5.41, 5.74) is -0.694. The zero-order chi connectivity index (χ0) is 29.8. The molecule has 0 aliphatic carbocycles. The Balaban J connectivity index is 2.32. The number of nitriles is 1. The monoisotopic (exact) mass is 557 g/mol. The topological polar surface area (TPSA) is 130 Å². The van der Waals surface area contributed by atoms with Gasteiger partial charge in [-0.1, -0.05) is 18.2 Å². The SMILES string of the molecule is CCOC(=O)C1C(=N)N(c2cccc(C(F)(F)F)c2)C(C)=C(C(=O)O[C@H](C)C(=O)OC)C1c1ccc(C#N)cc1. The van der Waals surface area contributed by atoms with Crippen molar-refractivity contribution in [2.45, 2.75) is 39.0 Å². The number of carbonyl (C=O) groups is 3. The molecule has 0 saturated carbocycles. The Morgan fingerprint density at radius 1 is 1.15 bits per heavy atom. The number of halogens is 3. The summed E-state index contributed by atoms with van der Waals surface area (Å²) in [5.74, 6) is -5.95. The van der Waals surface area contributed by atoms with Crippen molar-refractivity contribution in [1.82, 2.24) is 0 Å². The van der Waals surface area contributed by atoms with E-state index in [1.54, 1.807) is 6.92 Å². The number of rotatable bonds is 7. The van der Waals surface area contributed by atoms with E-state index >= 15 is 0 Å². The van der Waals surface area contributed by atoms with Crippen molar-refractivity contribution in [3.05, 3.63) is 76.5 Å². The van der Waals surface area contributed by atoms with Crippen LogP contribution in [0.25, 0.3) is 0 Å². The molecule has 0 amide bonds. The maximum absolute atomic E-state index is 13.6. The summed E-state index contributed by atoms with van der Waals surface area (Å²) in [7, 11) is 1.10. The third-order valence-corrected chi connectivity index (χ3v) is 6.31. The van der Waals surface area contributed by atoms with Crippen molar-refractivity contribution in [2.75, 3.05) is 18.6 Å². The number of esters is 3. The van der Waals surface area contributed by atoms with Crippen LogP contribution in [0.1, 0.15) is 43.4 Å². The molecule has 1 aliphatic heterocycles. The Morgan fingerprint density at radius 3 is 2.35 bits per heavy atom. The van der Waals surface area contributed by atoms with E-state index < -0.39 is 53.4 Å². The first-order chi connectivity index (χ1) is 18.8. The molecule has 0 bridgehead atoms. The largest absolute Gasteiger partial charge is 0.466 e. The van der Waals surface area contributed by atoms with E-state index in [4.69, 9.17) is 14.9 Å². The fourth-order valence-electron chi connectivity index (χ4n) is 4.46. The number of anilines is 1. The summed E-state index contributed by atoms with van der Waals surface area (Å²) in [5, 5.41) is 18.2. The fraction of sp³-hybridized carbons (Fsp3) is 0.321. The molecular formula is C28H26F3N3O6. The Bertz CT molecular complexity index is 1400. The van der Waals surface area contributed by atoms with Crippen molar-refractivity contribution >= 4 is 29.4 Å². The van der Waals surface area contributed by atoms with Crippen molar-refractivity contribution in [1.29, 1.82) is 10.7 Å². The van der Waals surface area contributed by atoms with Gasteiger partial charge in [-0.2, -0.15) is 18.4 Å². The van der Waals surface area contributed by atoms with Crippen LogP contribution in [-0.4, -0.2) is 43.6 Å². The number of hydrogen-bond donors (Lipinski definition) is 1. The van der Waals surface area contributed by atoms with Crippen LogP contribution in [0.2, 0.25) is 0 Å². The Morgan fingerprint density at radius 2 is 1.80 bits per heavy atom. The highest BCUT2D eigenvalue weighted by Crippen LogP contribution is 2.44. The standard InChI is InChI=1S/C28H26F3N3O6/c1-5-39-26(36)23-22(18-11-9-17(14-32)10-12-18)21(27(37)40-16(3)25(35)38-4)15(2)34(24(23)33)20-8-6-7-19(13-20)28(29,30)31/h6-13,16,22-23,33H,5H2,1-4H3/t16-,22?,23?/m1/s1. The molecule has 1 heterocycles. The van der Waals surface area contributed by atoms with Crippen molar-refractivity contribution in [3.8, 4) is 6.07 Å². The summed E-state index contributed by atoms with van der Waals surface area (Å²) in [6.07, 6.45) is -6.06. The number of alkyl halides is 3. The van der Waals surface area contributed by atoms with Crippen LogP contribution >= 0.6 is 0 Å². The minimum Gasteiger partial charge on any atom is -0.466 e. The summed E-state index contributed by atoms with van der Waals surface area (Å²) in [6, 6.07) is 12.0. The summed E-state index contributed by atoms with van der Waals surface area (Å²) in [4.78, 5) is 40.0. The maximum Gasteiger partial charge on any atom is 0.416 e. The van der Waals surface area contributed by atoms with E-state index in [0.717, 1.165) is 30.2 Å². The van der Waals surface area contributed by atoms with E-state index in [1.807, 2.05) is 6.07 Å². The highest BCUT2D eigenvalue weighted by Gasteiger charge is 2.48. The van der Waals surface area contributed by atoms with Crippen LogP contribution in [0.15, 0.2) is 59.8 Å². The number of nitrogens with zero attached hydrogens (tertiary/aromatic N) is 2. The third-order valence-electron chi connectivity index (χ3n) is 6.31. The van der Waals surface area contributed by atoms with Gasteiger partial charge in [-0.3, -0.25) is 10.2 Å². The van der Waals surface area contributed by atoms with E-state index in [2.05, 4.69) is 4.74 Å². The molecule has 1 aliphatic rings. The van der Waals surface area contributed by atoms with Crippen LogP contribution in [0.4, 0.5) is 18.9 Å². The van der Waals surface area contributed by atoms with Crippen molar-refractivity contribution < 1.29 is 41.8 Å². The molecule has 0 aromatic heterocycles. The van der Waals surface area contributed by atoms with Crippen LogP contribution in [-0.2, 0) is 34.8 Å². The average molecular weight is 558 g/mol. The van der Waals surface area contributed by atoms with Crippen LogP contribution in [0.5, 0.6) is 0 Å². The second-order valence-electron chi connectivity index (χ2n) is 8.78. The lowest BCUT2D eigenvalue weighted by Gasteiger charge is -2.40. The smallest absolute Gasteiger partial charge is 0.416 e. The van der Waals surface area contributed by atoms with Gasteiger partial charge >= 0.3 is 24.1 Å². The summed E-state index contributed by atoms with van der Waals surface area (Å²) < 4.78 is 55.8. The van der Waals surface area contributed by atoms with Crippen molar-refractivity contribution in [2.24, 2.45) is 5.92 Å². The van der Waals surface area contributed by atoms with Crippen LogP contribution in [0, 0.1) is 22.7 Å². The number of nitrogens with one attached hydrogen (secondary N) is 1. The van der Waals surface area contributed by atoms with E-state index in [9.17, 15) is 32.8 Å². The van der Waals surface area contributed by atoms with E-state index in [-0.39, 0.29) is 29.1 Å². The molecule has 9 nitrogen and oxygen atoms in total.